The first-order valence-corrected chi connectivity index (χ1v) is 9.93. The molecule has 0 atom stereocenters. The fourth-order valence-corrected chi connectivity index (χ4v) is 3.29. The molecule has 0 unspecified atom stereocenters. The quantitative estimate of drug-likeness (QED) is 0.523. The number of hydrogen-bond acceptors (Lipinski definition) is 5. The number of benzene rings is 1. The van der Waals surface area contributed by atoms with Crippen LogP contribution in [0, 0.1) is 0 Å². The lowest BCUT2D eigenvalue weighted by Gasteiger charge is -2.22. The summed E-state index contributed by atoms with van der Waals surface area (Å²) in [6.07, 6.45) is 1.63. The van der Waals surface area contributed by atoms with Crippen LogP contribution in [0.15, 0.2) is 53.5 Å². The van der Waals surface area contributed by atoms with Crippen LogP contribution >= 0.6 is 11.6 Å². The van der Waals surface area contributed by atoms with Crippen molar-refractivity contribution in [2.24, 2.45) is 0 Å². The van der Waals surface area contributed by atoms with Crippen molar-refractivity contribution in [3.05, 3.63) is 75.2 Å². The van der Waals surface area contributed by atoms with E-state index < -0.39 is 0 Å². The molecule has 3 aromatic rings. The average molecular weight is 430 g/mol. The van der Waals surface area contributed by atoms with Crippen LogP contribution in [0.4, 0.5) is 0 Å². The van der Waals surface area contributed by atoms with E-state index in [1.165, 1.54) is 4.57 Å². The van der Waals surface area contributed by atoms with Gasteiger partial charge in [0.1, 0.15) is 11.2 Å². The topological polar surface area (TPSA) is 73.7 Å². The van der Waals surface area contributed by atoms with E-state index in [0.29, 0.717) is 42.4 Å². The molecule has 2 aromatic heterocycles. The van der Waals surface area contributed by atoms with Crippen molar-refractivity contribution in [1.29, 1.82) is 0 Å². The zero-order valence-corrected chi connectivity index (χ0v) is 17.8. The van der Waals surface area contributed by atoms with E-state index in [1.54, 1.807) is 49.6 Å². The fourth-order valence-electron chi connectivity index (χ4n) is 3.17. The molecule has 2 heterocycles. The molecule has 0 radical (unpaired) electrons. The molecule has 30 heavy (non-hydrogen) atoms. The first kappa shape index (κ1) is 22.0. The van der Waals surface area contributed by atoms with Crippen molar-refractivity contribution in [2.45, 2.75) is 6.54 Å². The molecule has 158 valence electrons. The van der Waals surface area contributed by atoms with Gasteiger partial charge in [-0.1, -0.05) is 23.7 Å². The summed E-state index contributed by atoms with van der Waals surface area (Å²) in [4.78, 5) is 32.5. The zero-order chi connectivity index (χ0) is 21.5. The van der Waals surface area contributed by atoms with Gasteiger partial charge in [0.15, 0.2) is 0 Å². The van der Waals surface area contributed by atoms with E-state index in [1.807, 2.05) is 18.2 Å². The van der Waals surface area contributed by atoms with Crippen LogP contribution in [0.3, 0.4) is 0 Å². The minimum Gasteiger partial charge on any atom is -0.383 e. The number of amides is 1. The van der Waals surface area contributed by atoms with Gasteiger partial charge in [-0.15, -0.1) is 0 Å². The molecule has 0 fully saturated rings. The summed E-state index contributed by atoms with van der Waals surface area (Å²) >= 11 is 5.97. The molecule has 7 nitrogen and oxygen atoms in total. The predicted octanol–water partition coefficient (Wildman–Crippen LogP) is 2.83. The summed E-state index contributed by atoms with van der Waals surface area (Å²) in [5.74, 6) is -0.357. The molecule has 0 aliphatic rings. The van der Waals surface area contributed by atoms with Crippen molar-refractivity contribution in [3.8, 4) is 0 Å². The van der Waals surface area contributed by atoms with Crippen LogP contribution in [0.5, 0.6) is 0 Å². The lowest BCUT2D eigenvalue weighted by Crippen LogP contribution is -2.40. The van der Waals surface area contributed by atoms with Gasteiger partial charge in [-0.2, -0.15) is 0 Å². The summed E-state index contributed by atoms with van der Waals surface area (Å²) in [5, 5.41) is 1.33. The van der Waals surface area contributed by atoms with Gasteiger partial charge >= 0.3 is 0 Å². The maximum Gasteiger partial charge on any atom is 0.265 e. The Labute approximate surface area is 179 Å². The van der Waals surface area contributed by atoms with Crippen LogP contribution in [0.25, 0.3) is 11.0 Å². The predicted molar refractivity (Wildman–Crippen MR) is 116 cm³/mol. The highest BCUT2D eigenvalue weighted by molar-refractivity contribution is 6.30. The van der Waals surface area contributed by atoms with E-state index in [4.69, 9.17) is 21.1 Å². The Hall–Kier alpha value is -2.74. The van der Waals surface area contributed by atoms with E-state index in [-0.39, 0.29) is 23.6 Å². The zero-order valence-electron chi connectivity index (χ0n) is 17.0. The minimum absolute atomic E-state index is 0.0941. The second-order valence-electron chi connectivity index (χ2n) is 6.77. The molecule has 8 heteroatoms. The molecule has 0 saturated carbocycles. The normalized spacial score (nSPS) is 11.0. The molecular weight excluding hydrogens is 406 g/mol. The number of nitrogens with zero attached hydrogens (tertiary/aromatic N) is 3. The van der Waals surface area contributed by atoms with Gasteiger partial charge in [0.2, 0.25) is 0 Å². The number of pyridine rings is 2. The number of aromatic nitrogens is 2. The smallest absolute Gasteiger partial charge is 0.265 e. The molecule has 1 aromatic carbocycles. The number of hydrogen-bond donors (Lipinski definition) is 0. The van der Waals surface area contributed by atoms with E-state index in [0.717, 1.165) is 5.56 Å². The maximum atomic E-state index is 13.3. The van der Waals surface area contributed by atoms with E-state index in [9.17, 15) is 9.59 Å². The Morgan fingerprint density at radius 3 is 2.40 bits per heavy atom. The van der Waals surface area contributed by atoms with E-state index >= 15 is 0 Å². The van der Waals surface area contributed by atoms with Crippen molar-refractivity contribution in [2.75, 3.05) is 40.5 Å². The third-order valence-corrected chi connectivity index (χ3v) is 5.00. The van der Waals surface area contributed by atoms with Crippen LogP contribution in [-0.4, -0.2) is 60.9 Å². The lowest BCUT2D eigenvalue weighted by molar-refractivity contribution is 0.0625. The van der Waals surface area contributed by atoms with Gasteiger partial charge in [0, 0.05) is 43.9 Å². The van der Waals surface area contributed by atoms with Crippen LogP contribution in [-0.2, 0) is 16.0 Å². The Kier molecular flexibility index (Phi) is 7.57. The first-order valence-electron chi connectivity index (χ1n) is 9.55. The summed E-state index contributed by atoms with van der Waals surface area (Å²) in [5.41, 5.74) is 1.11. The molecule has 0 spiro atoms. The number of halogens is 1. The van der Waals surface area contributed by atoms with Crippen LogP contribution in [0.1, 0.15) is 15.9 Å². The second kappa shape index (κ2) is 10.3. The molecule has 0 saturated heterocycles. The molecule has 1 amide bonds. The monoisotopic (exact) mass is 429 g/mol. The van der Waals surface area contributed by atoms with Gasteiger partial charge in [-0.25, -0.2) is 4.98 Å². The molecule has 3 rings (SSSR count). The summed E-state index contributed by atoms with van der Waals surface area (Å²) in [7, 11) is 3.14. The molecular formula is C22H24ClN3O4. The van der Waals surface area contributed by atoms with Gasteiger partial charge < -0.3 is 14.4 Å². The average Bonchev–Trinajstić information content (AvgIpc) is 2.76. The van der Waals surface area contributed by atoms with E-state index in [2.05, 4.69) is 4.98 Å². The summed E-state index contributed by atoms with van der Waals surface area (Å²) < 4.78 is 11.7. The summed E-state index contributed by atoms with van der Waals surface area (Å²) in [6.45, 7) is 1.73. The number of carbonyl (C=O) groups excluding carboxylic acids is 1. The third-order valence-electron chi connectivity index (χ3n) is 4.75. The van der Waals surface area contributed by atoms with Crippen molar-refractivity contribution in [1.82, 2.24) is 14.5 Å². The van der Waals surface area contributed by atoms with Crippen molar-refractivity contribution < 1.29 is 14.3 Å². The highest BCUT2D eigenvalue weighted by Gasteiger charge is 2.21. The number of carbonyl (C=O) groups is 1. The van der Waals surface area contributed by atoms with Crippen molar-refractivity contribution in [3.63, 3.8) is 0 Å². The SMILES string of the molecule is COCCN(CCOC)C(=O)c1cc2cccnc2n(Cc2ccc(Cl)cc2)c1=O. The van der Waals surface area contributed by atoms with Gasteiger partial charge in [0.25, 0.3) is 11.5 Å². The molecule has 0 N–H and O–H groups in total. The standard InChI is InChI=1S/C22H24ClN3O4/c1-29-12-10-25(11-13-30-2)21(27)19-14-17-4-3-9-24-20(17)26(22(19)28)15-16-5-7-18(23)8-6-16/h3-9,14H,10-13,15H2,1-2H3. The minimum atomic E-state index is -0.388. The number of ether oxygens (including phenoxy) is 2. The Bertz CT molecular complexity index is 1060. The number of rotatable bonds is 9. The third kappa shape index (κ3) is 5.05. The van der Waals surface area contributed by atoms with Crippen molar-refractivity contribution >= 4 is 28.5 Å². The highest BCUT2D eigenvalue weighted by atomic mass is 35.5. The second-order valence-corrected chi connectivity index (χ2v) is 7.21. The van der Waals surface area contributed by atoms with Gasteiger partial charge in [-0.05, 0) is 35.9 Å². The Morgan fingerprint density at radius 2 is 1.77 bits per heavy atom. The highest BCUT2D eigenvalue weighted by Crippen LogP contribution is 2.16. The molecule has 0 aliphatic heterocycles. The summed E-state index contributed by atoms with van der Waals surface area (Å²) in [6, 6.07) is 12.5. The van der Waals surface area contributed by atoms with Crippen LogP contribution < -0.4 is 5.56 Å². The lowest BCUT2D eigenvalue weighted by atomic mass is 10.1. The fraction of sp³-hybridized carbons (Fsp3) is 0.318. The largest absolute Gasteiger partial charge is 0.383 e. The molecule has 0 aliphatic carbocycles. The van der Waals surface area contributed by atoms with Gasteiger partial charge in [0.05, 0.1) is 19.8 Å². The Balaban J connectivity index is 2.06. The van der Waals surface area contributed by atoms with Crippen LogP contribution in [0.2, 0.25) is 5.02 Å². The number of methoxy groups -OCH3 is 2. The number of fused-ring (bicyclic) bond motifs is 1. The molecule has 0 bridgehead atoms. The Morgan fingerprint density at radius 1 is 1.10 bits per heavy atom. The first-order chi connectivity index (χ1) is 14.5. The maximum absolute atomic E-state index is 13.3. The van der Waals surface area contributed by atoms with Gasteiger partial charge in [-0.3, -0.25) is 14.2 Å².